The molecule has 44 valence electrons. The van der Waals surface area contributed by atoms with Gasteiger partial charge in [0.05, 0.1) is 0 Å². The van der Waals surface area contributed by atoms with E-state index in [-0.39, 0.29) is 5.57 Å². The van der Waals surface area contributed by atoms with Crippen LogP contribution in [0.25, 0.3) is 0 Å². The Bertz CT molecular complexity index is 129. The van der Waals surface area contributed by atoms with Crippen molar-refractivity contribution < 1.29 is 8.78 Å². The van der Waals surface area contributed by atoms with E-state index in [0.29, 0.717) is 0 Å². The number of halogens is 2. The van der Waals surface area contributed by atoms with E-state index in [0.717, 1.165) is 0 Å². The van der Waals surface area contributed by atoms with Crippen LogP contribution in [0.3, 0.4) is 0 Å². The second-order valence-electron chi connectivity index (χ2n) is 1.29. The van der Waals surface area contributed by atoms with Crippen LogP contribution >= 0.6 is 0 Å². The average Bonchev–Trinajstić information content (AvgIpc) is 1.64. The van der Waals surface area contributed by atoms with Crippen LogP contribution in [0, 0.1) is 0 Å². The molecule has 0 heterocycles. The summed E-state index contributed by atoms with van der Waals surface area (Å²) in [5.41, 5.74) is -0.370. The second kappa shape index (κ2) is 2.40. The third kappa shape index (κ3) is 1.69. The van der Waals surface area contributed by atoms with Crippen molar-refractivity contribution in [1.29, 1.82) is 0 Å². The van der Waals surface area contributed by atoms with Gasteiger partial charge in [0.25, 0.3) is 0 Å². The van der Waals surface area contributed by atoms with Crippen molar-refractivity contribution in [2.24, 2.45) is 0 Å². The molecule has 2 heteroatoms. The number of rotatable bonds is 2. The van der Waals surface area contributed by atoms with Crippen LogP contribution in [-0.4, -0.2) is 0 Å². The van der Waals surface area contributed by atoms with Crippen molar-refractivity contribution in [1.82, 2.24) is 0 Å². The Morgan fingerprint density at radius 3 is 1.12 bits per heavy atom. The van der Waals surface area contributed by atoms with E-state index in [9.17, 15) is 8.78 Å². The van der Waals surface area contributed by atoms with Crippen LogP contribution in [0.4, 0.5) is 8.78 Å². The molecular formula is C6H6F2. The first-order valence-electron chi connectivity index (χ1n) is 1.94. The predicted molar refractivity (Wildman–Crippen MR) is 29.6 cm³/mol. The van der Waals surface area contributed by atoms with Crippen LogP contribution < -0.4 is 0 Å². The summed E-state index contributed by atoms with van der Waals surface area (Å²) in [7, 11) is 0. The Balaban J connectivity index is 4.05. The van der Waals surface area contributed by atoms with Crippen LogP contribution in [0.15, 0.2) is 37.0 Å². The second-order valence-corrected chi connectivity index (χ2v) is 1.29. The standard InChI is InChI=1S/C6H6F2/c1-4(5(2)7)6(3)8/h1-3H2. The highest BCUT2D eigenvalue weighted by molar-refractivity contribution is 5.33. The molecule has 0 rings (SSSR count). The number of allylic oxidation sites excluding steroid dienone is 3. The highest BCUT2D eigenvalue weighted by atomic mass is 19.1. The van der Waals surface area contributed by atoms with E-state index in [1.807, 2.05) is 0 Å². The molecular weight excluding hydrogens is 110 g/mol. The van der Waals surface area contributed by atoms with Crippen molar-refractivity contribution in [3.05, 3.63) is 37.0 Å². The molecule has 0 spiro atoms. The van der Waals surface area contributed by atoms with Gasteiger partial charge in [-0.05, 0) is 0 Å². The van der Waals surface area contributed by atoms with Crippen LogP contribution in [0.2, 0.25) is 0 Å². The van der Waals surface area contributed by atoms with Crippen molar-refractivity contribution in [2.45, 2.75) is 0 Å². The van der Waals surface area contributed by atoms with Gasteiger partial charge in [0.15, 0.2) is 0 Å². The normalized spacial score (nSPS) is 8.25. The van der Waals surface area contributed by atoms with Gasteiger partial charge >= 0.3 is 0 Å². The molecule has 0 N–H and O–H groups in total. The Morgan fingerprint density at radius 2 is 1.12 bits per heavy atom. The van der Waals surface area contributed by atoms with Crippen molar-refractivity contribution in [2.75, 3.05) is 0 Å². The van der Waals surface area contributed by atoms with E-state index in [1.54, 1.807) is 0 Å². The maximum atomic E-state index is 11.8. The van der Waals surface area contributed by atoms with E-state index >= 15 is 0 Å². The lowest BCUT2D eigenvalue weighted by molar-refractivity contribution is 0.609. The average molecular weight is 116 g/mol. The topological polar surface area (TPSA) is 0 Å². The molecule has 0 aromatic carbocycles. The van der Waals surface area contributed by atoms with E-state index < -0.39 is 11.7 Å². The van der Waals surface area contributed by atoms with Crippen LogP contribution in [-0.2, 0) is 0 Å². The van der Waals surface area contributed by atoms with Gasteiger partial charge in [-0.2, -0.15) is 0 Å². The Hall–Kier alpha value is -0.920. The summed E-state index contributed by atoms with van der Waals surface area (Å²) in [4.78, 5) is 0. The van der Waals surface area contributed by atoms with Gasteiger partial charge in [-0.3, -0.25) is 0 Å². The van der Waals surface area contributed by atoms with Gasteiger partial charge in [0.1, 0.15) is 11.7 Å². The Morgan fingerprint density at radius 1 is 0.875 bits per heavy atom. The zero-order valence-corrected chi connectivity index (χ0v) is 4.38. The van der Waals surface area contributed by atoms with Crippen molar-refractivity contribution in [3.8, 4) is 0 Å². The largest absolute Gasteiger partial charge is 0.207 e. The number of hydrogen-bond acceptors (Lipinski definition) is 0. The van der Waals surface area contributed by atoms with Gasteiger partial charge in [-0.15, -0.1) is 0 Å². The summed E-state index contributed by atoms with van der Waals surface area (Å²) in [5.74, 6) is -1.75. The van der Waals surface area contributed by atoms with Gasteiger partial charge in [0, 0.05) is 5.57 Å². The number of hydrogen-bond donors (Lipinski definition) is 0. The minimum absolute atomic E-state index is 0.370. The molecule has 0 unspecified atom stereocenters. The van der Waals surface area contributed by atoms with Gasteiger partial charge in [-0.1, -0.05) is 19.7 Å². The molecule has 0 aromatic heterocycles. The zero-order chi connectivity index (χ0) is 6.73. The molecule has 0 fully saturated rings. The predicted octanol–water partition coefficient (Wildman–Crippen LogP) is 2.51. The van der Waals surface area contributed by atoms with Crippen molar-refractivity contribution >= 4 is 0 Å². The Kier molecular flexibility index (Phi) is 2.13. The fourth-order valence-electron chi connectivity index (χ4n) is 0.147. The summed E-state index contributed by atoms with van der Waals surface area (Å²) in [6, 6.07) is 0. The quantitative estimate of drug-likeness (QED) is 0.486. The summed E-state index contributed by atoms with van der Waals surface area (Å²) in [5, 5.41) is 0. The molecule has 0 saturated carbocycles. The highest BCUT2D eigenvalue weighted by Crippen LogP contribution is 2.14. The minimum atomic E-state index is -0.877. The fraction of sp³-hybridized carbons (Fsp3) is 0. The monoisotopic (exact) mass is 116 g/mol. The van der Waals surface area contributed by atoms with Crippen molar-refractivity contribution in [3.63, 3.8) is 0 Å². The first kappa shape index (κ1) is 7.08. The minimum Gasteiger partial charge on any atom is -0.207 e. The molecule has 0 aliphatic carbocycles. The van der Waals surface area contributed by atoms with Gasteiger partial charge < -0.3 is 0 Å². The molecule has 0 radical (unpaired) electrons. The lowest BCUT2D eigenvalue weighted by Crippen LogP contribution is -1.77. The molecule has 0 amide bonds. The first-order valence-corrected chi connectivity index (χ1v) is 1.94. The third-order valence-electron chi connectivity index (χ3n) is 0.655. The SMILES string of the molecule is C=C(F)C(=C)C(=C)F. The molecule has 0 aliphatic heterocycles. The molecule has 0 nitrogen and oxygen atoms in total. The lowest BCUT2D eigenvalue weighted by atomic mass is 10.3. The van der Waals surface area contributed by atoms with E-state index in [4.69, 9.17) is 0 Å². The maximum Gasteiger partial charge on any atom is 0.125 e. The van der Waals surface area contributed by atoms with Crippen LogP contribution in [0.1, 0.15) is 0 Å². The molecule has 0 aromatic rings. The van der Waals surface area contributed by atoms with Gasteiger partial charge in [-0.25, -0.2) is 8.78 Å². The fourth-order valence-corrected chi connectivity index (χ4v) is 0.147. The first-order chi connectivity index (χ1) is 3.55. The van der Waals surface area contributed by atoms with Crippen LogP contribution in [0.5, 0.6) is 0 Å². The maximum absolute atomic E-state index is 11.8. The smallest absolute Gasteiger partial charge is 0.125 e. The van der Waals surface area contributed by atoms with E-state index in [1.165, 1.54) is 0 Å². The molecule has 0 saturated heterocycles. The lowest BCUT2D eigenvalue weighted by Gasteiger charge is -1.92. The summed E-state index contributed by atoms with van der Waals surface area (Å²) in [6.07, 6.45) is 0. The molecule has 0 bridgehead atoms. The Labute approximate surface area is 46.8 Å². The molecule has 0 aliphatic rings. The third-order valence-corrected chi connectivity index (χ3v) is 0.655. The highest BCUT2D eigenvalue weighted by Gasteiger charge is 1.99. The molecule has 8 heavy (non-hydrogen) atoms. The van der Waals surface area contributed by atoms with Gasteiger partial charge in [0.2, 0.25) is 0 Å². The summed E-state index contributed by atoms with van der Waals surface area (Å²) in [6.45, 7) is 8.62. The summed E-state index contributed by atoms with van der Waals surface area (Å²) >= 11 is 0. The zero-order valence-electron chi connectivity index (χ0n) is 4.38. The van der Waals surface area contributed by atoms with E-state index in [2.05, 4.69) is 19.7 Å². The summed E-state index contributed by atoms with van der Waals surface area (Å²) < 4.78 is 23.5. The molecule has 0 atom stereocenters.